The average Bonchev–Trinajstić information content (AvgIpc) is 2.23. The Kier molecular flexibility index (Phi) is 5.03. The van der Waals surface area contributed by atoms with Gasteiger partial charge in [0, 0.05) is 5.56 Å². The lowest BCUT2D eigenvalue weighted by atomic mass is 10.1. The van der Waals surface area contributed by atoms with E-state index in [4.69, 9.17) is 0 Å². The first-order valence-electron chi connectivity index (χ1n) is 4.77. The molecular formula is C10H10F2INO3. The van der Waals surface area contributed by atoms with E-state index >= 15 is 0 Å². The van der Waals surface area contributed by atoms with Crippen molar-refractivity contribution in [2.75, 3.05) is 6.61 Å². The van der Waals surface area contributed by atoms with Gasteiger partial charge in [-0.25, -0.2) is 13.8 Å². The molecule has 0 saturated heterocycles. The first kappa shape index (κ1) is 14.1. The summed E-state index contributed by atoms with van der Waals surface area (Å²) in [6.45, 7) is 1.80. The molecule has 4 nitrogen and oxygen atoms in total. The first-order chi connectivity index (χ1) is 7.95. The molecule has 94 valence electrons. The summed E-state index contributed by atoms with van der Waals surface area (Å²) in [5.74, 6) is -0.947. The lowest BCUT2D eigenvalue weighted by molar-refractivity contribution is -0.142. The topological polar surface area (TPSA) is 59.4 Å². The summed E-state index contributed by atoms with van der Waals surface area (Å²) in [6, 6.07) is 0.925. The molecule has 1 N–H and O–H groups in total. The highest BCUT2D eigenvalue weighted by Crippen LogP contribution is 2.28. The van der Waals surface area contributed by atoms with Gasteiger partial charge >= 0.3 is 5.97 Å². The zero-order chi connectivity index (χ0) is 13.0. The molecule has 17 heavy (non-hydrogen) atoms. The number of hydrogen-bond acceptors (Lipinski definition) is 4. The van der Waals surface area contributed by atoms with Crippen LogP contribution in [0.25, 0.3) is 0 Å². The zero-order valence-corrected chi connectivity index (χ0v) is 11.1. The monoisotopic (exact) mass is 357 g/mol. The highest BCUT2D eigenvalue weighted by atomic mass is 127. The molecular weight excluding hydrogens is 347 g/mol. The number of nitrogens with zero attached hydrogens (tertiary/aromatic N) is 1. The highest BCUT2D eigenvalue weighted by molar-refractivity contribution is 14.1. The van der Waals surface area contributed by atoms with Gasteiger partial charge in [-0.1, -0.05) is 0 Å². The van der Waals surface area contributed by atoms with Gasteiger partial charge in [0.2, 0.25) is 0 Å². The van der Waals surface area contributed by atoms with Crippen LogP contribution in [-0.2, 0) is 16.0 Å². The summed E-state index contributed by atoms with van der Waals surface area (Å²) in [6.07, 6.45) is -3.13. The molecule has 0 atom stereocenters. The van der Waals surface area contributed by atoms with Crippen LogP contribution in [0.3, 0.4) is 0 Å². The largest absolute Gasteiger partial charge is 0.505 e. The molecule has 0 amide bonds. The number of pyridine rings is 1. The van der Waals surface area contributed by atoms with Crippen molar-refractivity contribution in [1.29, 1.82) is 0 Å². The van der Waals surface area contributed by atoms with E-state index in [1.807, 2.05) is 0 Å². The number of aromatic nitrogens is 1. The van der Waals surface area contributed by atoms with E-state index in [0.29, 0.717) is 0 Å². The molecule has 0 unspecified atom stereocenters. The molecule has 0 spiro atoms. The summed E-state index contributed by atoms with van der Waals surface area (Å²) in [5, 5.41) is 9.29. The summed E-state index contributed by atoms with van der Waals surface area (Å²) < 4.78 is 30.2. The van der Waals surface area contributed by atoms with E-state index in [-0.39, 0.29) is 28.2 Å². The Labute approximate surface area is 110 Å². The van der Waals surface area contributed by atoms with Gasteiger partial charge in [-0.2, -0.15) is 0 Å². The quantitative estimate of drug-likeness (QED) is 0.511. The second-order valence-electron chi connectivity index (χ2n) is 3.12. The van der Waals surface area contributed by atoms with E-state index in [0.717, 1.165) is 6.07 Å². The van der Waals surface area contributed by atoms with Crippen molar-refractivity contribution in [3.8, 4) is 5.75 Å². The number of ether oxygens (including phenoxy) is 1. The lowest BCUT2D eigenvalue weighted by Crippen LogP contribution is -2.11. The predicted octanol–water partition coefficient (Wildman–Crippen LogP) is 2.44. The lowest BCUT2D eigenvalue weighted by Gasteiger charge is -2.09. The Morgan fingerprint density at radius 3 is 2.82 bits per heavy atom. The third-order valence-corrected chi connectivity index (χ3v) is 2.72. The minimum atomic E-state index is -2.80. The van der Waals surface area contributed by atoms with Gasteiger partial charge in [-0.3, -0.25) is 4.79 Å². The third kappa shape index (κ3) is 3.76. The molecule has 1 rings (SSSR count). The molecule has 0 aliphatic carbocycles. The number of aromatic hydroxyl groups is 1. The van der Waals surface area contributed by atoms with Gasteiger partial charge in [-0.15, -0.1) is 0 Å². The summed E-state index contributed by atoms with van der Waals surface area (Å²) in [7, 11) is 0. The maximum Gasteiger partial charge on any atom is 0.311 e. The number of carbonyl (C=O) groups excluding carboxylic acids is 1. The zero-order valence-electron chi connectivity index (χ0n) is 8.91. The number of rotatable bonds is 4. The van der Waals surface area contributed by atoms with Crippen LogP contribution in [-0.4, -0.2) is 22.7 Å². The van der Waals surface area contributed by atoms with E-state index < -0.39 is 18.0 Å². The fourth-order valence-electron chi connectivity index (χ4n) is 1.21. The third-order valence-electron chi connectivity index (χ3n) is 1.92. The van der Waals surface area contributed by atoms with Gasteiger partial charge < -0.3 is 9.84 Å². The summed E-state index contributed by atoms with van der Waals surface area (Å²) >= 11 is 1.70. The van der Waals surface area contributed by atoms with Crippen molar-refractivity contribution >= 4 is 28.6 Å². The van der Waals surface area contributed by atoms with Crippen molar-refractivity contribution in [3.63, 3.8) is 0 Å². The van der Waals surface area contributed by atoms with Gasteiger partial charge in [0.15, 0.2) is 0 Å². The van der Waals surface area contributed by atoms with Gasteiger partial charge in [0.25, 0.3) is 6.43 Å². The predicted molar refractivity (Wildman–Crippen MR) is 63.9 cm³/mol. The van der Waals surface area contributed by atoms with E-state index in [1.54, 1.807) is 29.5 Å². The summed E-state index contributed by atoms with van der Waals surface area (Å²) in [5.41, 5.74) is -0.517. The minimum Gasteiger partial charge on any atom is -0.505 e. The van der Waals surface area contributed by atoms with Crippen LogP contribution in [0.4, 0.5) is 8.78 Å². The maximum atomic E-state index is 12.7. The molecule has 0 aromatic carbocycles. The number of esters is 1. The van der Waals surface area contributed by atoms with Crippen molar-refractivity contribution in [2.24, 2.45) is 0 Å². The highest BCUT2D eigenvalue weighted by Gasteiger charge is 2.19. The number of halogens is 3. The fourth-order valence-corrected chi connectivity index (χ4v) is 1.66. The SMILES string of the molecule is CCOC(=O)Cc1nc(I)c(O)cc1C(F)F. The van der Waals surface area contributed by atoms with Gasteiger partial charge in [0.05, 0.1) is 18.7 Å². The van der Waals surface area contributed by atoms with Crippen molar-refractivity contribution in [1.82, 2.24) is 4.98 Å². The number of carbonyl (C=O) groups is 1. The molecule has 1 aromatic rings. The maximum absolute atomic E-state index is 12.7. The standard InChI is InChI=1S/C10H10F2INO3/c1-2-17-8(16)4-6-5(9(11)12)3-7(15)10(13)14-6/h3,9,15H,2,4H2,1H3. The van der Waals surface area contributed by atoms with Crippen LogP contribution in [0.15, 0.2) is 6.07 Å². The van der Waals surface area contributed by atoms with Crippen molar-refractivity contribution in [2.45, 2.75) is 19.8 Å². The van der Waals surface area contributed by atoms with Gasteiger partial charge in [-0.05, 0) is 35.6 Å². The van der Waals surface area contributed by atoms with Crippen LogP contribution in [0, 0.1) is 3.70 Å². The van der Waals surface area contributed by atoms with Gasteiger partial charge in [0.1, 0.15) is 9.45 Å². The Bertz CT molecular complexity index is 426. The molecule has 7 heteroatoms. The van der Waals surface area contributed by atoms with Crippen LogP contribution in [0.1, 0.15) is 24.6 Å². The Balaban J connectivity index is 3.04. The molecule has 0 bridgehead atoms. The van der Waals surface area contributed by atoms with Crippen LogP contribution < -0.4 is 0 Å². The van der Waals surface area contributed by atoms with Crippen LogP contribution >= 0.6 is 22.6 Å². The van der Waals surface area contributed by atoms with E-state index in [2.05, 4.69) is 9.72 Å². The summed E-state index contributed by atoms with van der Waals surface area (Å²) in [4.78, 5) is 15.0. The smallest absolute Gasteiger partial charge is 0.311 e. The Morgan fingerprint density at radius 1 is 1.65 bits per heavy atom. The van der Waals surface area contributed by atoms with E-state index in [1.165, 1.54) is 0 Å². The fraction of sp³-hybridized carbons (Fsp3) is 0.400. The normalized spacial score (nSPS) is 10.6. The Hall–Kier alpha value is -0.990. The van der Waals surface area contributed by atoms with E-state index in [9.17, 15) is 18.7 Å². The molecule has 1 aromatic heterocycles. The Morgan fingerprint density at radius 2 is 2.29 bits per heavy atom. The van der Waals surface area contributed by atoms with Crippen molar-refractivity contribution < 1.29 is 23.4 Å². The molecule has 0 aliphatic heterocycles. The molecule has 1 heterocycles. The second kappa shape index (κ2) is 6.08. The number of hydrogen-bond donors (Lipinski definition) is 1. The first-order valence-corrected chi connectivity index (χ1v) is 5.85. The molecule has 0 aliphatic rings. The van der Waals surface area contributed by atoms with Crippen LogP contribution in [0.2, 0.25) is 0 Å². The second-order valence-corrected chi connectivity index (χ2v) is 4.14. The minimum absolute atomic E-state index is 0.0688. The molecule has 0 radical (unpaired) electrons. The molecule has 0 saturated carbocycles. The number of alkyl halides is 2. The molecule has 0 fully saturated rings. The van der Waals surface area contributed by atoms with Crippen molar-refractivity contribution in [3.05, 3.63) is 21.0 Å². The average molecular weight is 357 g/mol. The van der Waals surface area contributed by atoms with Crippen LogP contribution in [0.5, 0.6) is 5.75 Å².